The second-order valence-corrected chi connectivity index (χ2v) is 13.2. The van der Waals surface area contributed by atoms with Gasteiger partial charge in [-0.15, -0.1) is 6.58 Å². The van der Waals surface area contributed by atoms with Gasteiger partial charge >= 0.3 is 5.97 Å². The van der Waals surface area contributed by atoms with E-state index >= 15 is 0 Å². The zero-order chi connectivity index (χ0) is 30.2. The molecule has 0 spiro atoms. The van der Waals surface area contributed by atoms with Crippen molar-refractivity contribution in [2.45, 2.75) is 127 Å². The Balaban J connectivity index is 1.90. The van der Waals surface area contributed by atoms with E-state index in [2.05, 4.69) is 6.58 Å². The summed E-state index contributed by atoms with van der Waals surface area (Å²) in [6, 6.07) is 0. The van der Waals surface area contributed by atoms with Crippen LogP contribution in [0.5, 0.6) is 0 Å². The Hall–Kier alpha value is -1.48. The summed E-state index contributed by atoms with van der Waals surface area (Å²) in [4.78, 5) is 26.5. The van der Waals surface area contributed by atoms with Crippen molar-refractivity contribution in [1.82, 2.24) is 0 Å². The fraction of sp³-hybridized carbons (Fsp3) is 0.857. The largest absolute Gasteiger partial charge is 0.459 e. The summed E-state index contributed by atoms with van der Waals surface area (Å²) < 4.78 is 24.0. The van der Waals surface area contributed by atoms with Gasteiger partial charge in [-0.1, -0.05) is 26.8 Å². The number of hydrogen-bond donors (Lipinski definition) is 6. The van der Waals surface area contributed by atoms with E-state index in [0.29, 0.717) is 6.42 Å². The van der Waals surface area contributed by atoms with Crippen LogP contribution in [-0.2, 0) is 28.5 Å². The predicted octanol–water partition coefficient (Wildman–Crippen LogP) is -0.656. The van der Waals surface area contributed by atoms with Crippen LogP contribution in [0.4, 0.5) is 0 Å². The van der Waals surface area contributed by atoms with Gasteiger partial charge in [0.2, 0.25) is 0 Å². The number of aliphatic hydroxyl groups is 6. The lowest BCUT2D eigenvalue weighted by Gasteiger charge is -2.71. The highest BCUT2D eigenvalue weighted by Crippen LogP contribution is 2.67. The molecule has 2 aliphatic heterocycles. The Morgan fingerprint density at radius 2 is 1.73 bits per heavy atom. The zero-order valence-corrected chi connectivity index (χ0v) is 23.9. The summed E-state index contributed by atoms with van der Waals surface area (Å²) in [6.07, 6.45) is -9.92. The van der Waals surface area contributed by atoms with Gasteiger partial charge in [0.1, 0.15) is 42.2 Å². The first kappa shape index (κ1) is 31.5. The summed E-state index contributed by atoms with van der Waals surface area (Å²) in [5.74, 6) is -2.17. The number of aliphatic hydroxyl groups excluding tert-OH is 5. The SMILES string of the molecule is C=C[C@@]1(C)CC(=O)[C@]2(O)[C@@]3(C)[C@@H](O[C@@H]4O[C@H](CO)[C@@H](O)[C@H](O)[C@H]4O)CCC(C)(C)[C@@H]3[C@H](OC(C)=O)[C@H](O)[C@@]2(C)O1. The van der Waals surface area contributed by atoms with Crippen LogP contribution < -0.4 is 0 Å². The van der Waals surface area contributed by atoms with E-state index < -0.39 is 101 Å². The second-order valence-electron chi connectivity index (χ2n) is 13.2. The number of hydrogen-bond acceptors (Lipinski definition) is 12. The molecule has 13 atom stereocenters. The molecule has 0 aromatic rings. The molecule has 0 aromatic carbocycles. The molecule has 2 saturated carbocycles. The molecule has 40 heavy (non-hydrogen) atoms. The minimum absolute atomic E-state index is 0.238. The maximum absolute atomic E-state index is 14.1. The second kappa shape index (κ2) is 10.1. The molecular formula is C28H44O12. The van der Waals surface area contributed by atoms with Crippen LogP contribution in [0.25, 0.3) is 0 Å². The lowest BCUT2D eigenvalue weighted by Crippen LogP contribution is -2.87. The van der Waals surface area contributed by atoms with Gasteiger partial charge in [0.05, 0.1) is 18.3 Å². The van der Waals surface area contributed by atoms with Crippen molar-refractivity contribution in [3.05, 3.63) is 12.7 Å². The lowest BCUT2D eigenvalue weighted by atomic mass is 9.39. The van der Waals surface area contributed by atoms with Crippen LogP contribution in [0, 0.1) is 16.7 Å². The van der Waals surface area contributed by atoms with Crippen molar-refractivity contribution in [2.75, 3.05) is 6.61 Å². The van der Waals surface area contributed by atoms with Crippen LogP contribution in [0.15, 0.2) is 12.7 Å². The van der Waals surface area contributed by atoms with Gasteiger partial charge in [-0.05, 0) is 32.1 Å². The number of carbonyl (C=O) groups is 2. The van der Waals surface area contributed by atoms with Crippen molar-refractivity contribution in [1.29, 1.82) is 0 Å². The van der Waals surface area contributed by atoms with Crippen molar-refractivity contribution in [3.8, 4) is 0 Å². The molecule has 4 rings (SSSR count). The van der Waals surface area contributed by atoms with Gasteiger partial charge < -0.3 is 49.6 Å². The molecule has 12 nitrogen and oxygen atoms in total. The first-order valence-electron chi connectivity index (χ1n) is 13.8. The average Bonchev–Trinajstić information content (AvgIpc) is 2.86. The first-order valence-corrected chi connectivity index (χ1v) is 13.8. The van der Waals surface area contributed by atoms with E-state index in [1.165, 1.54) is 19.9 Å². The summed E-state index contributed by atoms with van der Waals surface area (Å²) in [7, 11) is 0. The third kappa shape index (κ3) is 4.22. The Labute approximate surface area is 233 Å². The number of ketones is 1. The molecule has 228 valence electrons. The van der Waals surface area contributed by atoms with Crippen molar-refractivity contribution >= 4 is 11.8 Å². The maximum Gasteiger partial charge on any atom is 0.303 e. The van der Waals surface area contributed by atoms with E-state index in [1.54, 1.807) is 13.8 Å². The summed E-state index contributed by atoms with van der Waals surface area (Å²) in [5, 5.41) is 65.5. The normalized spacial score (nSPS) is 52.3. The topological polar surface area (TPSA) is 192 Å². The van der Waals surface area contributed by atoms with Gasteiger partial charge in [0.15, 0.2) is 17.7 Å². The molecule has 12 heteroatoms. The number of carbonyl (C=O) groups excluding carboxylic acids is 2. The summed E-state index contributed by atoms with van der Waals surface area (Å²) in [5.41, 5.74) is -7.95. The minimum atomic E-state index is -2.39. The van der Waals surface area contributed by atoms with E-state index in [4.69, 9.17) is 18.9 Å². The highest BCUT2D eigenvalue weighted by atomic mass is 16.7. The summed E-state index contributed by atoms with van der Waals surface area (Å²) >= 11 is 0. The Kier molecular flexibility index (Phi) is 7.91. The standard InChI is InChI=1S/C28H44O12/c1-8-25(5)11-15(31)28(36)26(6)16(39-23-19(34)18(33)17(32)14(12-29)38-23)9-10-24(3,4)21(26)20(37-13(2)30)22(35)27(28,7)40-25/h8,14,16-23,29,32-36H,1,9-12H2,2-7H3/t14-,16+,17-,18+,19-,20+,21+,22+,23+,25+,26+,27-,28+/m1/s1. The molecule has 0 bridgehead atoms. The van der Waals surface area contributed by atoms with E-state index in [9.17, 15) is 40.2 Å². The highest BCUT2D eigenvalue weighted by Gasteiger charge is 2.81. The Morgan fingerprint density at radius 1 is 1.10 bits per heavy atom. The Bertz CT molecular complexity index is 1030. The average molecular weight is 573 g/mol. The smallest absolute Gasteiger partial charge is 0.303 e. The molecule has 0 aromatic heterocycles. The molecule has 4 aliphatic rings. The first-order chi connectivity index (χ1) is 18.3. The maximum atomic E-state index is 14.1. The fourth-order valence-corrected chi connectivity index (χ4v) is 8.13. The third-order valence-corrected chi connectivity index (χ3v) is 10.2. The van der Waals surface area contributed by atoms with Crippen LogP contribution in [0.1, 0.15) is 60.8 Å². The van der Waals surface area contributed by atoms with Crippen molar-refractivity contribution in [3.63, 3.8) is 0 Å². The molecule has 2 saturated heterocycles. The molecule has 0 amide bonds. The van der Waals surface area contributed by atoms with Crippen molar-refractivity contribution in [2.24, 2.45) is 16.7 Å². The fourth-order valence-electron chi connectivity index (χ4n) is 8.13. The molecule has 0 radical (unpaired) electrons. The molecule has 4 fully saturated rings. The number of esters is 1. The van der Waals surface area contributed by atoms with Gasteiger partial charge in [-0.2, -0.15) is 0 Å². The van der Waals surface area contributed by atoms with E-state index in [0.717, 1.165) is 0 Å². The van der Waals surface area contributed by atoms with E-state index in [1.807, 2.05) is 13.8 Å². The molecule has 2 aliphatic carbocycles. The minimum Gasteiger partial charge on any atom is -0.459 e. The molecule has 0 unspecified atom stereocenters. The van der Waals surface area contributed by atoms with E-state index in [-0.39, 0.29) is 12.8 Å². The monoisotopic (exact) mass is 572 g/mol. The number of ether oxygens (including phenoxy) is 4. The molecule has 2 heterocycles. The molecular weight excluding hydrogens is 528 g/mol. The number of rotatable bonds is 5. The van der Waals surface area contributed by atoms with Gasteiger partial charge in [0.25, 0.3) is 0 Å². The van der Waals surface area contributed by atoms with Crippen LogP contribution in [-0.4, -0.2) is 115 Å². The van der Waals surface area contributed by atoms with Crippen LogP contribution >= 0.6 is 0 Å². The van der Waals surface area contributed by atoms with Gasteiger partial charge in [-0.25, -0.2) is 0 Å². The predicted molar refractivity (Wildman–Crippen MR) is 137 cm³/mol. The third-order valence-electron chi connectivity index (χ3n) is 10.2. The van der Waals surface area contributed by atoms with Gasteiger partial charge in [-0.3, -0.25) is 9.59 Å². The highest BCUT2D eigenvalue weighted by molar-refractivity contribution is 5.92. The van der Waals surface area contributed by atoms with Crippen LogP contribution in [0.2, 0.25) is 0 Å². The number of fused-ring (bicyclic) bond motifs is 3. The van der Waals surface area contributed by atoms with Crippen molar-refractivity contribution < 1.29 is 59.2 Å². The molecule has 6 N–H and O–H groups in total. The van der Waals surface area contributed by atoms with Crippen LogP contribution in [0.3, 0.4) is 0 Å². The zero-order valence-electron chi connectivity index (χ0n) is 23.9. The summed E-state index contributed by atoms with van der Waals surface area (Å²) in [6.45, 7) is 12.7. The lowest BCUT2D eigenvalue weighted by molar-refractivity contribution is -0.390. The number of Topliss-reactive ketones (excluding diaryl/α,β-unsaturated/α-hetero) is 1. The van der Waals surface area contributed by atoms with Gasteiger partial charge in [0, 0.05) is 24.7 Å². The quantitative estimate of drug-likeness (QED) is 0.180. The Morgan fingerprint density at radius 3 is 2.27 bits per heavy atom.